The highest BCUT2D eigenvalue weighted by Crippen LogP contribution is 2.59. The van der Waals surface area contributed by atoms with Crippen LogP contribution in [0.5, 0.6) is 5.75 Å². The zero-order valence-corrected chi connectivity index (χ0v) is 18.3. The van der Waals surface area contributed by atoms with Crippen molar-refractivity contribution in [1.29, 1.82) is 0 Å². The smallest absolute Gasteiger partial charge is 0.416 e. The number of benzene rings is 2. The molecule has 4 nitrogen and oxygen atoms in total. The second-order valence-corrected chi connectivity index (χ2v) is 8.94. The molecule has 2 aromatic rings. The molecular formula is C25H29F3N2O2. The van der Waals surface area contributed by atoms with Crippen LogP contribution in [0.4, 0.5) is 13.2 Å². The van der Waals surface area contributed by atoms with Crippen molar-refractivity contribution in [2.75, 3.05) is 26.7 Å². The third-order valence-corrected chi connectivity index (χ3v) is 6.93. The Kier molecular flexibility index (Phi) is 6.47. The summed E-state index contributed by atoms with van der Waals surface area (Å²) in [5, 5.41) is 3.08. The lowest BCUT2D eigenvalue weighted by atomic mass is 9.90. The molecule has 2 aliphatic rings. The number of likely N-dealkylation sites (tertiary alicyclic amines) is 1. The number of hydrogen-bond acceptors (Lipinski definition) is 3. The first-order valence-electron chi connectivity index (χ1n) is 11.1. The van der Waals surface area contributed by atoms with E-state index in [9.17, 15) is 18.0 Å². The third kappa shape index (κ3) is 5.09. The molecule has 172 valence electrons. The number of alkyl halides is 3. The van der Waals surface area contributed by atoms with Gasteiger partial charge in [-0.25, -0.2) is 0 Å². The van der Waals surface area contributed by atoms with Gasteiger partial charge >= 0.3 is 6.18 Å². The second kappa shape index (κ2) is 9.14. The summed E-state index contributed by atoms with van der Waals surface area (Å²) >= 11 is 0. The molecule has 1 aliphatic carbocycles. The number of hydrogen-bond donors (Lipinski definition) is 1. The zero-order chi connectivity index (χ0) is 22.8. The number of methoxy groups -OCH3 is 1. The standard InChI is InChI=1S/C25H29F3N2O2/c1-32-22-5-3-2-4-19(22)10-13-29-23(31)21-16-24(21)11-14-30(15-12-24)17-18-6-8-20(9-7-18)25(26,27)28/h2-9,21H,10-17H2,1H3,(H,29,31). The number of rotatable bonds is 7. The number of amides is 1. The molecule has 0 bridgehead atoms. The Morgan fingerprint density at radius 3 is 2.47 bits per heavy atom. The number of halogens is 3. The SMILES string of the molecule is COc1ccccc1CCNC(=O)C1CC12CCN(Cc1ccc(C(F)(F)F)cc1)CC2. The minimum absolute atomic E-state index is 0.0772. The van der Waals surface area contributed by atoms with Gasteiger partial charge in [0, 0.05) is 19.0 Å². The lowest BCUT2D eigenvalue weighted by Gasteiger charge is -2.32. The van der Waals surface area contributed by atoms with Gasteiger partial charge in [-0.1, -0.05) is 30.3 Å². The monoisotopic (exact) mass is 446 g/mol. The van der Waals surface area contributed by atoms with Crippen LogP contribution < -0.4 is 10.1 Å². The van der Waals surface area contributed by atoms with Crippen molar-refractivity contribution < 1.29 is 22.7 Å². The number of piperidine rings is 1. The molecule has 1 saturated heterocycles. The van der Waals surface area contributed by atoms with Crippen molar-refractivity contribution >= 4 is 5.91 Å². The maximum Gasteiger partial charge on any atom is 0.416 e. The van der Waals surface area contributed by atoms with Crippen LogP contribution in [0.25, 0.3) is 0 Å². The van der Waals surface area contributed by atoms with Gasteiger partial charge in [0.25, 0.3) is 0 Å². The predicted octanol–water partition coefficient (Wildman–Crippen LogP) is 4.68. The molecule has 0 aromatic heterocycles. The molecule has 7 heteroatoms. The number of carbonyl (C=O) groups excluding carboxylic acids is 1. The van der Waals surface area contributed by atoms with Gasteiger partial charge in [-0.05, 0) is 73.5 Å². The molecule has 1 spiro atoms. The highest BCUT2D eigenvalue weighted by atomic mass is 19.4. The third-order valence-electron chi connectivity index (χ3n) is 6.93. The first kappa shape index (κ1) is 22.6. The molecule has 1 N–H and O–H groups in total. The van der Waals surface area contributed by atoms with Gasteiger partial charge in [-0.3, -0.25) is 9.69 Å². The van der Waals surface area contributed by atoms with Gasteiger partial charge in [0.2, 0.25) is 5.91 Å². The number of nitrogens with zero attached hydrogens (tertiary/aromatic N) is 1. The van der Waals surface area contributed by atoms with Gasteiger partial charge in [-0.2, -0.15) is 13.2 Å². The Labute approximate surface area is 186 Å². The van der Waals surface area contributed by atoms with Crippen molar-refractivity contribution in [2.45, 2.75) is 38.4 Å². The van der Waals surface area contributed by atoms with E-state index in [-0.39, 0.29) is 17.2 Å². The van der Waals surface area contributed by atoms with E-state index in [1.165, 1.54) is 0 Å². The van der Waals surface area contributed by atoms with E-state index in [1.807, 2.05) is 24.3 Å². The fourth-order valence-corrected chi connectivity index (χ4v) is 4.84. The molecule has 4 rings (SSSR count). The van der Waals surface area contributed by atoms with E-state index < -0.39 is 11.7 Å². The van der Waals surface area contributed by atoms with Crippen molar-refractivity contribution in [3.63, 3.8) is 0 Å². The second-order valence-electron chi connectivity index (χ2n) is 8.94. The molecule has 1 amide bonds. The maximum atomic E-state index is 12.7. The molecule has 1 aliphatic heterocycles. The molecular weight excluding hydrogens is 417 g/mol. The number of nitrogens with one attached hydrogen (secondary N) is 1. The van der Waals surface area contributed by atoms with E-state index in [0.717, 1.165) is 67.8 Å². The van der Waals surface area contributed by atoms with Crippen molar-refractivity contribution in [3.05, 3.63) is 65.2 Å². The van der Waals surface area contributed by atoms with E-state index in [4.69, 9.17) is 4.74 Å². The summed E-state index contributed by atoms with van der Waals surface area (Å²) in [4.78, 5) is 14.9. The van der Waals surface area contributed by atoms with Crippen LogP contribution in [-0.4, -0.2) is 37.6 Å². The molecule has 32 heavy (non-hydrogen) atoms. The van der Waals surface area contributed by atoms with Crippen molar-refractivity contribution in [3.8, 4) is 5.75 Å². The maximum absolute atomic E-state index is 12.7. The quantitative estimate of drug-likeness (QED) is 0.672. The van der Waals surface area contributed by atoms with Gasteiger partial charge in [0.15, 0.2) is 0 Å². The van der Waals surface area contributed by atoms with E-state index in [0.29, 0.717) is 13.1 Å². The predicted molar refractivity (Wildman–Crippen MR) is 116 cm³/mol. The normalized spacial score (nSPS) is 20.2. The summed E-state index contributed by atoms with van der Waals surface area (Å²) in [5.74, 6) is 1.05. The van der Waals surface area contributed by atoms with Gasteiger partial charge in [0.05, 0.1) is 12.7 Å². The summed E-state index contributed by atoms with van der Waals surface area (Å²) in [6.45, 7) is 2.97. The van der Waals surface area contributed by atoms with Crippen LogP contribution in [0.1, 0.15) is 36.0 Å². The fourth-order valence-electron chi connectivity index (χ4n) is 4.84. The van der Waals surface area contributed by atoms with Gasteiger partial charge in [0.1, 0.15) is 5.75 Å². The minimum Gasteiger partial charge on any atom is -0.496 e. The van der Waals surface area contributed by atoms with Crippen LogP contribution in [-0.2, 0) is 23.9 Å². The summed E-state index contributed by atoms with van der Waals surface area (Å²) in [6, 6.07) is 13.2. The fraction of sp³-hybridized carbons (Fsp3) is 0.480. The molecule has 2 aromatic carbocycles. The Bertz CT molecular complexity index is 935. The Morgan fingerprint density at radius 2 is 1.81 bits per heavy atom. The highest BCUT2D eigenvalue weighted by molar-refractivity contribution is 5.82. The average molecular weight is 447 g/mol. The van der Waals surface area contributed by atoms with Gasteiger partial charge in [-0.15, -0.1) is 0 Å². The molecule has 0 radical (unpaired) electrons. The number of carbonyl (C=O) groups is 1. The van der Waals surface area contributed by atoms with Crippen LogP contribution >= 0.6 is 0 Å². The van der Waals surface area contributed by atoms with Crippen LogP contribution in [0.15, 0.2) is 48.5 Å². The Morgan fingerprint density at radius 1 is 1.12 bits per heavy atom. The average Bonchev–Trinajstić information content (AvgIpc) is 3.49. The first-order valence-corrected chi connectivity index (χ1v) is 11.1. The lowest BCUT2D eigenvalue weighted by molar-refractivity contribution is -0.137. The topological polar surface area (TPSA) is 41.6 Å². The number of ether oxygens (including phenoxy) is 1. The summed E-state index contributed by atoms with van der Waals surface area (Å²) in [6.07, 6.45) is -0.723. The van der Waals surface area contributed by atoms with E-state index in [2.05, 4.69) is 10.2 Å². The Balaban J connectivity index is 1.21. The van der Waals surface area contributed by atoms with Crippen LogP contribution in [0.3, 0.4) is 0 Å². The Hall–Kier alpha value is -2.54. The van der Waals surface area contributed by atoms with Crippen molar-refractivity contribution in [2.24, 2.45) is 11.3 Å². The molecule has 1 atom stereocenters. The highest BCUT2D eigenvalue weighted by Gasteiger charge is 2.58. The zero-order valence-electron chi connectivity index (χ0n) is 18.3. The minimum atomic E-state index is -4.30. The molecule has 1 unspecified atom stereocenters. The van der Waals surface area contributed by atoms with Crippen LogP contribution in [0.2, 0.25) is 0 Å². The lowest BCUT2D eigenvalue weighted by Crippen LogP contribution is -2.37. The number of para-hydroxylation sites is 1. The van der Waals surface area contributed by atoms with Gasteiger partial charge < -0.3 is 10.1 Å². The largest absolute Gasteiger partial charge is 0.496 e. The molecule has 2 fully saturated rings. The van der Waals surface area contributed by atoms with Crippen molar-refractivity contribution in [1.82, 2.24) is 10.2 Å². The van der Waals surface area contributed by atoms with E-state index in [1.54, 1.807) is 19.2 Å². The first-order chi connectivity index (χ1) is 15.3. The summed E-state index contributed by atoms with van der Waals surface area (Å²) in [7, 11) is 1.65. The summed E-state index contributed by atoms with van der Waals surface area (Å²) < 4.78 is 43.5. The molecule has 1 saturated carbocycles. The van der Waals surface area contributed by atoms with Crippen LogP contribution in [0, 0.1) is 11.3 Å². The van der Waals surface area contributed by atoms with E-state index >= 15 is 0 Å². The summed E-state index contributed by atoms with van der Waals surface area (Å²) in [5.41, 5.74) is 1.45. The molecule has 1 heterocycles.